The maximum Gasteiger partial charge on any atom is 0.407 e. The number of hydrogen-bond acceptors (Lipinski definition) is 7. The summed E-state index contributed by atoms with van der Waals surface area (Å²) in [5.74, 6) is 0.658. The summed E-state index contributed by atoms with van der Waals surface area (Å²) < 4.78 is 10.7. The van der Waals surface area contributed by atoms with Gasteiger partial charge in [-0.25, -0.2) is 14.8 Å². The number of fused-ring (bicyclic) bond motifs is 1. The van der Waals surface area contributed by atoms with E-state index in [1.807, 2.05) is 51.4 Å². The second-order valence-corrected chi connectivity index (χ2v) is 8.77. The first-order valence-corrected chi connectivity index (χ1v) is 11.4. The molecule has 0 bridgehead atoms. The zero-order valence-electron chi connectivity index (χ0n) is 20.0. The Hall–Kier alpha value is -2.91. The van der Waals surface area contributed by atoms with Crippen molar-refractivity contribution in [3.8, 4) is 11.1 Å². The average Bonchev–Trinajstić information content (AvgIpc) is 2.79. The quantitative estimate of drug-likeness (QED) is 0.698. The lowest BCUT2D eigenvalue weighted by molar-refractivity contribution is -0.117. The molecule has 0 spiro atoms. The summed E-state index contributed by atoms with van der Waals surface area (Å²) in [5.41, 5.74) is 3.46. The third-order valence-corrected chi connectivity index (χ3v) is 5.92. The van der Waals surface area contributed by atoms with Crippen LogP contribution in [0.15, 0.2) is 30.6 Å². The summed E-state index contributed by atoms with van der Waals surface area (Å²) in [6.45, 7) is 10.1. The number of halogens is 1. The Morgan fingerprint density at radius 1 is 1.15 bits per heavy atom. The van der Waals surface area contributed by atoms with Crippen molar-refractivity contribution in [2.75, 3.05) is 36.1 Å². The van der Waals surface area contributed by atoms with Crippen LogP contribution in [-0.4, -0.2) is 60.4 Å². The Kier molecular flexibility index (Phi) is 8.33. The van der Waals surface area contributed by atoms with Gasteiger partial charge < -0.3 is 24.6 Å². The number of hydrogen-bond donors (Lipinski definition) is 1. The van der Waals surface area contributed by atoms with E-state index >= 15 is 0 Å². The van der Waals surface area contributed by atoms with Crippen LogP contribution >= 0.6 is 12.4 Å². The summed E-state index contributed by atoms with van der Waals surface area (Å²) in [6.07, 6.45) is 3.53. The van der Waals surface area contributed by atoms with Crippen LogP contribution in [0.3, 0.4) is 0 Å². The normalized spacial score (nSPS) is 19.8. The van der Waals surface area contributed by atoms with Crippen LogP contribution in [0.4, 0.5) is 16.4 Å². The molecule has 2 aliphatic heterocycles. The second-order valence-electron chi connectivity index (χ2n) is 8.77. The van der Waals surface area contributed by atoms with Gasteiger partial charge in [-0.1, -0.05) is 6.07 Å². The molecule has 0 radical (unpaired) electrons. The highest BCUT2D eigenvalue weighted by atomic mass is 35.5. The van der Waals surface area contributed by atoms with Gasteiger partial charge in [0.05, 0.1) is 25.4 Å². The smallest absolute Gasteiger partial charge is 0.407 e. The third kappa shape index (κ3) is 5.59. The Morgan fingerprint density at radius 3 is 2.44 bits per heavy atom. The third-order valence-electron chi connectivity index (χ3n) is 5.92. The number of carbonyl (C=O) groups excluding carboxylic acids is 2. The fourth-order valence-electron chi connectivity index (χ4n) is 4.45. The van der Waals surface area contributed by atoms with Crippen molar-refractivity contribution < 1.29 is 19.1 Å². The van der Waals surface area contributed by atoms with Crippen LogP contribution in [0, 0.1) is 0 Å². The topological polar surface area (TPSA) is 96.9 Å². The number of anilines is 2. The van der Waals surface area contributed by atoms with Crippen molar-refractivity contribution in [2.24, 2.45) is 0 Å². The SMILES string of the molecule is CC(=O)N1c2ccc(-c3cnc(N4CCOCC4)nc3)cc2[C@H](NC(=O)OC(C)C)C[C@@H]1C.Cl. The highest BCUT2D eigenvalue weighted by Gasteiger charge is 2.34. The van der Waals surface area contributed by atoms with Crippen LogP contribution in [0.5, 0.6) is 0 Å². The summed E-state index contributed by atoms with van der Waals surface area (Å²) in [4.78, 5) is 37.7. The van der Waals surface area contributed by atoms with E-state index in [4.69, 9.17) is 9.47 Å². The molecule has 1 N–H and O–H groups in total. The van der Waals surface area contributed by atoms with E-state index in [0.717, 1.165) is 35.5 Å². The molecular weight excluding hydrogens is 458 g/mol. The van der Waals surface area contributed by atoms with Gasteiger partial charge in [0.1, 0.15) is 0 Å². The minimum Gasteiger partial charge on any atom is -0.447 e. The van der Waals surface area contributed by atoms with E-state index in [-0.39, 0.29) is 36.5 Å². The van der Waals surface area contributed by atoms with Gasteiger partial charge in [-0.15, -0.1) is 12.4 Å². The van der Waals surface area contributed by atoms with Gasteiger partial charge in [-0.3, -0.25) is 4.79 Å². The van der Waals surface area contributed by atoms with Crippen molar-refractivity contribution >= 4 is 36.0 Å². The molecule has 34 heavy (non-hydrogen) atoms. The number of benzene rings is 1. The zero-order chi connectivity index (χ0) is 23.5. The van der Waals surface area contributed by atoms with Crippen LogP contribution in [0.1, 0.15) is 45.7 Å². The molecule has 2 aromatic rings. The van der Waals surface area contributed by atoms with Crippen molar-refractivity contribution in [3.05, 3.63) is 36.2 Å². The molecular formula is C24H32ClN5O4. The van der Waals surface area contributed by atoms with E-state index in [1.165, 1.54) is 0 Å². The summed E-state index contributed by atoms with van der Waals surface area (Å²) in [7, 11) is 0. The van der Waals surface area contributed by atoms with E-state index < -0.39 is 6.09 Å². The maximum atomic E-state index is 12.4. The number of ether oxygens (including phenoxy) is 2. The minimum absolute atomic E-state index is 0. The van der Waals surface area contributed by atoms with Gasteiger partial charge in [0.2, 0.25) is 11.9 Å². The first-order chi connectivity index (χ1) is 15.8. The summed E-state index contributed by atoms with van der Waals surface area (Å²) >= 11 is 0. The molecule has 0 aliphatic carbocycles. The van der Waals surface area contributed by atoms with Crippen molar-refractivity contribution in [3.63, 3.8) is 0 Å². The van der Waals surface area contributed by atoms with E-state index in [0.29, 0.717) is 25.6 Å². The lowest BCUT2D eigenvalue weighted by Gasteiger charge is -2.39. The maximum absolute atomic E-state index is 12.4. The van der Waals surface area contributed by atoms with Gasteiger partial charge in [0.25, 0.3) is 0 Å². The van der Waals surface area contributed by atoms with Gasteiger partial charge in [0.15, 0.2) is 0 Å². The van der Waals surface area contributed by atoms with Crippen LogP contribution < -0.4 is 15.1 Å². The van der Waals surface area contributed by atoms with Gasteiger partial charge in [0, 0.05) is 49.7 Å². The van der Waals surface area contributed by atoms with Gasteiger partial charge in [-0.2, -0.15) is 0 Å². The molecule has 1 saturated heterocycles. The largest absolute Gasteiger partial charge is 0.447 e. The molecule has 4 rings (SSSR count). The monoisotopic (exact) mass is 489 g/mol. The number of aromatic nitrogens is 2. The van der Waals surface area contributed by atoms with E-state index in [1.54, 1.807) is 11.8 Å². The number of alkyl carbamates (subject to hydrolysis) is 1. The molecule has 2 amide bonds. The fraction of sp³-hybridized carbons (Fsp3) is 0.500. The predicted octanol–water partition coefficient (Wildman–Crippen LogP) is 3.72. The molecule has 1 aromatic heterocycles. The molecule has 0 saturated carbocycles. The predicted molar refractivity (Wildman–Crippen MR) is 132 cm³/mol. The lowest BCUT2D eigenvalue weighted by atomic mass is 9.89. The van der Waals surface area contributed by atoms with Crippen LogP contribution in [-0.2, 0) is 14.3 Å². The first kappa shape index (κ1) is 25.7. The molecule has 184 valence electrons. The highest BCUT2D eigenvalue weighted by molar-refractivity contribution is 5.94. The molecule has 2 atom stereocenters. The van der Waals surface area contributed by atoms with E-state index in [9.17, 15) is 9.59 Å². The molecule has 3 heterocycles. The number of rotatable bonds is 4. The van der Waals surface area contributed by atoms with Crippen LogP contribution in [0.2, 0.25) is 0 Å². The number of amides is 2. The zero-order valence-corrected chi connectivity index (χ0v) is 20.8. The Bertz CT molecular complexity index is 1010. The fourth-order valence-corrected chi connectivity index (χ4v) is 4.45. The van der Waals surface area contributed by atoms with Crippen LogP contribution in [0.25, 0.3) is 11.1 Å². The van der Waals surface area contributed by atoms with Gasteiger partial charge >= 0.3 is 6.09 Å². The van der Waals surface area contributed by atoms with Crippen molar-refractivity contribution in [1.29, 1.82) is 0 Å². The molecule has 0 unspecified atom stereocenters. The number of carbonyl (C=O) groups is 2. The second kappa shape index (κ2) is 11.0. The van der Waals surface area contributed by atoms with Crippen molar-refractivity contribution in [1.82, 2.24) is 15.3 Å². The molecule has 1 aromatic carbocycles. The molecule has 2 aliphatic rings. The Morgan fingerprint density at radius 2 is 1.82 bits per heavy atom. The average molecular weight is 490 g/mol. The van der Waals surface area contributed by atoms with Crippen molar-refractivity contribution in [2.45, 2.75) is 52.3 Å². The summed E-state index contributed by atoms with van der Waals surface area (Å²) in [5, 5.41) is 2.98. The Labute approximate surface area is 206 Å². The van der Waals surface area contributed by atoms with Gasteiger partial charge in [-0.05, 0) is 50.5 Å². The Balaban J connectivity index is 0.00000324. The molecule has 9 nitrogen and oxygen atoms in total. The summed E-state index contributed by atoms with van der Waals surface area (Å²) in [6, 6.07) is 5.57. The first-order valence-electron chi connectivity index (χ1n) is 11.4. The molecule has 1 fully saturated rings. The number of nitrogens with one attached hydrogen (secondary N) is 1. The minimum atomic E-state index is -0.465. The molecule has 10 heteroatoms. The highest BCUT2D eigenvalue weighted by Crippen LogP contribution is 2.39. The number of morpholine rings is 1. The lowest BCUT2D eigenvalue weighted by Crippen LogP contribution is -2.45. The number of nitrogens with zero attached hydrogens (tertiary/aromatic N) is 4. The standard InChI is InChI=1S/C24H31N5O4.ClH/c1-15(2)33-24(31)27-21-11-16(3)29(17(4)30)22-6-5-18(12-20(21)22)19-13-25-23(26-14-19)28-7-9-32-10-8-28;/h5-6,12-16,21H,7-11H2,1-4H3,(H,27,31);1H/t16-,21+;/m0./s1. The van der Waals surface area contributed by atoms with E-state index in [2.05, 4.69) is 20.2 Å².